The fourth-order valence-corrected chi connectivity index (χ4v) is 4.02. The molecule has 1 amide bonds. The van der Waals surface area contributed by atoms with E-state index in [2.05, 4.69) is 0 Å². The lowest BCUT2D eigenvalue weighted by molar-refractivity contribution is -0.120. The Kier molecular flexibility index (Phi) is 4.38. The molecular formula is C22H19F2NO2. The van der Waals surface area contributed by atoms with Gasteiger partial charge in [0.2, 0.25) is 5.91 Å². The summed E-state index contributed by atoms with van der Waals surface area (Å²) in [5.41, 5.74) is 3.16. The van der Waals surface area contributed by atoms with Crippen LogP contribution >= 0.6 is 0 Å². The van der Waals surface area contributed by atoms with Crippen molar-refractivity contribution in [1.29, 1.82) is 0 Å². The summed E-state index contributed by atoms with van der Waals surface area (Å²) in [6.45, 7) is 1.98. The van der Waals surface area contributed by atoms with Gasteiger partial charge in [-0.05, 0) is 37.5 Å². The first kappa shape index (κ1) is 17.6. The van der Waals surface area contributed by atoms with Gasteiger partial charge >= 0.3 is 0 Å². The number of anilines is 1. The summed E-state index contributed by atoms with van der Waals surface area (Å²) in [5, 5.41) is 0. The van der Waals surface area contributed by atoms with E-state index in [1.807, 2.05) is 31.2 Å². The minimum absolute atomic E-state index is 0.00171. The maximum Gasteiger partial charge on any atom is 0.232 e. The number of amides is 1. The minimum atomic E-state index is -0.804. The van der Waals surface area contributed by atoms with Gasteiger partial charge in [-0.15, -0.1) is 0 Å². The molecule has 2 aromatic carbocycles. The Bertz CT molecular complexity index is 963. The van der Waals surface area contributed by atoms with Crippen LogP contribution in [-0.2, 0) is 9.59 Å². The highest BCUT2D eigenvalue weighted by Gasteiger charge is 2.40. The van der Waals surface area contributed by atoms with Gasteiger partial charge in [0.1, 0.15) is 11.6 Å². The number of hydrogen-bond acceptors (Lipinski definition) is 2. The van der Waals surface area contributed by atoms with Crippen molar-refractivity contribution in [1.82, 2.24) is 0 Å². The maximum atomic E-state index is 14.4. The second kappa shape index (κ2) is 6.72. The van der Waals surface area contributed by atoms with E-state index in [4.69, 9.17) is 0 Å². The van der Waals surface area contributed by atoms with Crippen molar-refractivity contribution in [2.24, 2.45) is 0 Å². The van der Waals surface area contributed by atoms with Gasteiger partial charge in [-0.3, -0.25) is 14.5 Å². The normalized spacial score (nSPS) is 20.1. The molecule has 2 aromatic rings. The first-order valence-electron chi connectivity index (χ1n) is 9.06. The maximum absolute atomic E-state index is 14.4. The van der Waals surface area contributed by atoms with Crippen LogP contribution in [0.5, 0.6) is 0 Å². The lowest BCUT2D eigenvalue weighted by atomic mass is 9.77. The number of Topliss-reactive ketones (excluding diaryl/α,β-unsaturated/α-hetero) is 1. The molecule has 1 unspecified atom stereocenters. The Balaban J connectivity index is 1.87. The Morgan fingerprint density at radius 3 is 2.44 bits per heavy atom. The highest BCUT2D eigenvalue weighted by atomic mass is 19.1. The summed E-state index contributed by atoms with van der Waals surface area (Å²) < 4.78 is 27.7. The first-order chi connectivity index (χ1) is 13.0. The van der Waals surface area contributed by atoms with Gasteiger partial charge in [0.05, 0.1) is 5.69 Å². The number of allylic oxidation sites excluding steroid dienone is 2. The zero-order valence-electron chi connectivity index (χ0n) is 15.0. The number of carbonyl (C=O) groups excluding carboxylic acids is 2. The molecule has 138 valence electrons. The van der Waals surface area contributed by atoms with E-state index in [9.17, 15) is 18.4 Å². The molecule has 0 radical (unpaired) electrons. The molecule has 1 heterocycles. The summed E-state index contributed by atoms with van der Waals surface area (Å²) in [5.74, 6) is -2.10. The van der Waals surface area contributed by atoms with Crippen molar-refractivity contribution >= 4 is 17.4 Å². The summed E-state index contributed by atoms with van der Waals surface area (Å²) in [4.78, 5) is 27.0. The Morgan fingerprint density at radius 2 is 1.74 bits per heavy atom. The van der Waals surface area contributed by atoms with Crippen LogP contribution in [0, 0.1) is 18.6 Å². The number of nitrogens with zero attached hydrogens (tertiary/aromatic N) is 1. The smallest absolute Gasteiger partial charge is 0.232 e. The molecule has 0 N–H and O–H groups in total. The predicted octanol–water partition coefficient (Wildman–Crippen LogP) is 4.80. The number of carbonyl (C=O) groups is 2. The first-order valence-corrected chi connectivity index (χ1v) is 9.06. The van der Waals surface area contributed by atoms with Crippen LogP contribution < -0.4 is 4.90 Å². The molecule has 0 saturated carbocycles. The summed E-state index contributed by atoms with van der Waals surface area (Å²) in [7, 11) is 0. The molecule has 3 nitrogen and oxygen atoms in total. The number of halogens is 2. The second-order valence-corrected chi connectivity index (χ2v) is 7.13. The van der Waals surface area contributed by atoms with E-state index in [-0.39, 0.29) is 29.7 Å². The largest absolute Gasteiger partial charge is 0.294 e. The Hall–Kier alpha value is -2.82. The second-order valence-electron chi connectivity index (χ2n) is 7.13. The monoisotopic (exact) mass is 367 g/mol. The lowest BCUT2D eigenvalue weighted by Crippen LogP contribution is -2.41. The van der Waals surface area contributed by atoms with E-state index in [0.29, 0.717) is 30.5 Å². The molecule has 0 bridgehead atoms. The van der Waals surface area contributed by atoms with Crippen LogP contribution in [0.1, 0.15) is 42.7 Å². The highest BCUT2D eigenvalue weighted by molar-refractivity contribution is 6.07. The number of ketones is 1. The van der Waals surface area contributed by atoms with E-state index in [1.54, 1.807) is 0 Å². The van der Waals surface area contributed by atoms with Crippen molar-refractivity contribution in [2.45, 2.75) is 38.5 Å². The number of rotatable bonds is 2. The predicted molar refractivity (Wildman–Crippen MR) is 98.3 cm³/mol. The third kappa shape index (κ3) is 3.07. The summed E-state index contributed by atoms with van der Waals surface area (Å²) >= 11 is 0. The van der Waals surface area contributed by atoms with Crippen LogP contribution in [0.15, 0.2) is 53.7 Å². The molecule has 1 aliphatic heterocycles. The van der Waals surface area contributed by atoms with Gasteiger partial charge in [0.25, 0.3) is 0 Å². The van der Waals surface area contributed by atoms with Crippen LogP contribution in [0.2, 0.25) is 0 Å². The van der Waals surface area contributed by atoms with Crippen LogP contribution in [0.3, 0.4) is 0 Å². The van der Waals surface area contributed by atoms with Crippen molar-refractivity contribution in [2.75, 3.05) is 4.90 Å². The van der Waals surface area contributed by atoms with Crippen molar-refractivity contribution in [3.8, 4) is 0 Å². The summed E-state index contributed by atoms with van der Waals surface area (Å²) in [6.07, 6.45) is 1.65. The number of benzene rings is 2. The van der Waals surface area contributed by atoms with E-state index in [0.717, 1.165) is 23.3 Å². The fraction of sp³-hybridized carbons (Fsp3) is 0.273. The highest BCUT2D eigenvalue weighted by Crippen LogP contribution is 2.43. The molecule has 0 saturated heterocycles. The van der Waals surface area contributed by atoms with Crippen LogP contribution in [-0.4, -0.2) is 11.7 Å². The van der Waals surface area contributed by atoms with Crippen LogP contribution in [0.25, 0.3) is 0 Å². The van der Waals surface area contributed by atoms with Gasteiger partial charge in [0, 0.05) is 36.1 Å². The van der Waals surface area contributed by atoms with Crippen molar-refractivity contribution in [3.63, 3.8) is 0 Å². The zero-order chi connectivity index (χ0) is 19.1. The van der Waals surface area contributed by atoms with Gasteiger partial charge in [-0.25, -0.2) is 8.78 Å². The van der Waals surface area contributed by atoms with Crippen molar-refractivity contribution < 1.29 is 18.4 Å². The molecule has 2 aliphatic rings. The van der Waals surface area contributed by atoms with Crippen molar-refractivity contribution in [3.05, 3.63) is 76.5 Å². The molecule has 1 atom stereocenters. The SMILES string of the molecule is Cc1ccc(C2CC(=O)N(c3ccc(F)cc3F)C3=C2C(=O)CCC3)cc1. The quantitative estimate of drug-likeness (QED) is 0.765. The van der Waals surface area contributed by atoms with Gasteiger partial charge in [-0.2, -0.15) is 0 Å². The fourth-order valence-electron chi connectivity index (χ4n) is 4.02. The lowest BCUT2D eigenvalue weighted by Gasteiger charge is -2.38. The standard InChI is InChI=1S/C22H19F2NO2/c1-13-5-7-14(8-6-13)16-12-21(27)25(18-10-9-15(23)11-17(18)24)19-3-2-4-20(26)22(16)19/h5-11,16H,2-4,12H2,1H3. The average molecular weight is 367 g/mol. The Morgan fingerprint density at radius 1 is 1.00 bits per heavy atom. The van der Waals surface area contributed by atoms with E-state index in [1.165, 1.54) is 11.0 Å². The topological polar surface area (TPSA) is 37.4 Å². The molecular weight excluding hydrogens is 348 g/mol. The third-order valence-electron chi connectivity index (χ3n) is 5.31. The molecule has 4 rings (SSSR count). The number of aryl methyl sites for hydroxylation is 1. The van der Waals surface area contributed by atoms with Gasteiger partial charge in [-0.1, -0.05) is 29.8 Å². The molecule has 5 heteroatoms. The zero-order valence-corrected chi connectivity index (χ0v) is 15.0. The Labute approximate surface area is 156 Å². The average Bonchev–Trinajstić information content (AvgIpc) is 2.63. The van der Waals surface area contributed by atoms with Crippen LogP contribution in [0.4, 0.5) is 14.5 Å². The molecule has 0 fully saturated rings. The number of hydrogen-bond donors (Lipinski definition) is 0. The minimum Gasteiger partial charge on any atom is -0.294 e. The molecule has 0 aromatic heterocycles. The van der Waals surface area contributed by atoms with E-state index >= 15 is 0 Å². The van der Waals surface area contributed by atoms with Gasteiger partial charge in [0.15, 0.2) is 5.78 Å². The summed E-state index contributed by atoms with van der Waals surface area (Å²) in [6, 6.07) is 10.9. The molecule has 0 spiro atoms. The molecule has 1 aliphatic carbocycles. The van der Waals surface area contributed by atoms with E-state index < -0.39 is 11.6 Å². The third-order valence-corrected chi connectivity index (χ3v) is 5.31. The molecule has 27 heavy (non-hydrogen) atoms. The van der Waals surface area contributed by atoms with Gasteiger partial charge < -0.3 is 0 Å².